The first kappa shape index (κ1) is 20.3. The fraction of sp³-hybridized carbons (Fsp3) is 0.800. The summed E-state index contributed by atoms with van der Waals surface area (Å²) in [7, 11) is 7.39. The molecule has 0 amide bonds. The Kier molecular flexibility index (Phi) is 24.7. The molecule has 0 aliphatic heterocycles. The Labute approximate surface area is 99.8 Å². The van der Waals surface area contributed by atoms with E-state index in [0.717, 1.165) is 0 Å². The highest BCUT2D eigenvalue weighted by atomic mass is 16.6. The molecule has 0 aromatic carbocycles. The summed E-state index contributed by atoms with van der Waals surface area (Å²) in [6, 6.07) is 0. The average molecular weight is 242 g/mol. The van der Waals surface area contributed by atoms with E-state index in [1.807, 2.05) is 0 Å². The normalized spacial score (nSPS) is 7.62. The Morgan fingerprint density at radius 1 is 0.938 bits per heavy atom. The Balaban J connectivity index is -0.0000000475. The van der Waals surface area contributed by atoms with Crippen molar-refractivity contribution in [1.82, 2.24) is 0 Å². The van der Waals surface area contributed by atoms with Crippen LogP contribution in [0.25, 0.3) is 0 Å². The van der Waals surface area contributed by atoms with Crippen molar-refractivity contribution in [1.29, 1.82) is 0 Å². The van der Waals surface area contributed by atoms with Crippen LogP contribution in [0.1, 0.15) is 16.2 Å². The molecule has 0 aliphatic rings. The highest BCUT2D eigenvalue weighted by Gasteiger charge is 1.93. The zero-order chi connectivity index (χ0) is 13.4. The topological polar surface area (TPSA) is 71.1 Å². The lowest BCUT2D eigenvalue weighted by molar-refractivity contribution is -0.144. The minimum Gasteiger partial charge on any atom is -0.469 e. The van der Waals surface area contributed by atoms with Crippen molar-refractivity contribution < 1.29 is 31.4 Å². The van der Waals surface area contributed by atoms with Gasteiger partial charge in [-0.25, -0.2) is 4.79 Å². The van der Waals surface area contributed by atoms with E-state index in [2.05, 4.69) is 18.9 Å². The van der Waals surface area contributed by atoms with Crippen LogP contribution in [0.5, 0.6) is 0 Å². The van der Waals surface area contributed by atoms with Crippen LogP contribution in [0.15, 0.2) is 0 Å². The Morgan fingerprint density at radius 3 is 1.38 bits per heavy atom. The minimum atomic E-state index is -0.345. The monoisotopic (exact) mass is 242 g/mol. The summed E-state index contributed by atoms with van der Waals surface area (Å²) in [6.07, 6.45) is 0.469. The van der Waals surface area contributed by atoms with E-state index in [-0.39, 0.29) is 21.4 Å². The van der Waals surface area contributed by atoms with Crippen molar-refractivity contribution in [3.63, 3.8) is 0 Å². The fourth-order valence-electron chi connectivity index (χ4n) is 0.321. The molecule has 0 saturated carbocycles. The molecular weight excluding hydrogens is 216 g/mol. The van der Waals surface area contributed by atoms with Crippen LogP contribution in [-0.4, -0.2) is 54.1 Å². The van der Waals surface area contributed by atoms with Gasteiger partial charge in [0.2, 0.25) is 0 Å². The number of esters is 2. The lowest BCUT2D eigenvalue weighted by Crippen LogP contribution is -2.07. The summed E-state index contributed by atoms with van der Waals surface area (Å²) in [5, 5.41) is 0. The van der Waals surface area contributed by atoms with Gasteiger partial charge < -0.3 is 18.9 Å². The number of ether oxygens (including phenoxy) is 4. The summed E-state index contributed by atoms with van der Waals surface area (Å²) in [6.45, 7) is 1.79. The van der Waals surface area contributed by atoms with Crippen molar-refractivity contribution >= 4 is 11.9 Å². The van der Waals surface area contributed by atoms with Gasteiger partial charge in [-0.3, -0.25) is 4.79 Å². The van der Waals surface area contributed by atoms with E-state index >= 15 is 0 Å². The lowest BCUT2D eigenvalue weighted by Gasteiger charge is -1.92. The van der Waals surface area contributed by atoms with Crippen LogP contribution in [0, 0.1) is 0 Å². The summed E-state index contributed by atoms with van der Waals surface area (Å²) >= 11 is 0. The maximum Gasteiger partial charge on any atom is 0.331 e. The van der Waals surface area contributed by atoms with Gasteiger partial charge in [0.1, 0.15) is 6.61 Å². The molecule has 0 spiro atoms. The maximum absolute atomic E-state index is 10.1. The summed E-state index contributed by atoms with van der Waals surface area (Å²) in [5.74, 6) is -0.502. The van der Waals surface area contributed by atoms with Gasteiger partial charge in [0.15, 0.2) is 0 Å². The van der Waals surface area contributed by atoms with Crippen molar-refractivity contribution in [3.8, 4) is 0 Å². The third-order valence-electron chi connectivity index (χ3n) is 1.01. The zero-order valence-corrected chi connectivity index (χ0v) is 10.9. The molecule has 0 heterocycles. The van der Waals surface area contributed by atoms with Crippen LogP contribution >= 0.6 is 0 Å². The van der Waals surface area contributed by atoms with Gasteiger partial charge in [0.05, 0.1) is 14.2 Å². The fourth-order valence-corrected chi connectivity index (χ4v) is 0.321. The number of rotatable bonds is 3. The third-order valence-corrected chi connectivity index (χ3v) is 1.01. The van der Waals surface area contributed by atoms with Crippen LogP contribution in [0.3, 0.4) is 0 Å². The molecule has 102 valence electrons. The molecule has 6 heteroatoms. The number of hydrogen-bond acceptors (Lipinski definition) is 6. The Morgan fingerprint density at radius 2 is 1.31 bits per heavy atom. The van der Waals surface area contributed by atoms with Crippen LogP contribution in [0.2, 0.25) is 0 Å². The van der Waals surface area contributed by atoms with Crippen molar-refractivity contribution in [2.75, 3.05) is 42.2 Å². The van der Waals surface area contributed by atoms with Gasteiger partial charge in [-0.1, -0.05) is 6.92 Å². The minimum absolute atomic E-state index is 0. The maximum atomic E-state index is 10.1. The van der Waals surface area contributed by atoms with Crippen molar-refractivity contribution in [2.24, 2.45) is 0 Å². The summed E-state index contributed by atoms with van der Waals surface area (Å²) in [5.41, 5.74) is 0. The summed E-state index contributed by atoms with van der Waals surface area (Å²) in [4.78, 5) is 20.0. The second kappa shape index (κ2) is 19.4. The third kappa shape index (κ3) is 29.3. The first-order valence-electron chi connectivity index (χ1n) is 4.56. The second-order valence-electron chi connectivity index (χ2n) is 2.35. The Bertz CT molecular complexity index is 160. The van der Waals surface area contributed by atoms with Crippen LogP contribution in [0.4, 0.5) is 0 Å². The highest BCUT2D eigenvalue weighted by Crippen LogP contribution is 1.76. The van der Waals surface area contributed by atoms with Gasteiger partial charge in [-0.05, 0) is 0 Å². The van der Waals surface area contributed by atoms with Gasteiger partial charge >= 0.3 is 11.9 Å². The molecule has 0 bridgehead atoms. The van der Waals surface area contributed by atoms with Crippen molar-refractivity contribution in [3.05, 3.63) is 0 Å². The summed E-state index contributed by atoms with van der Waals surface area (Å²) < 4.78 is 17.2. The van der Waals surface area contributed by atoms with Crippen LogP contribution < -0.4 is 0 Å². The van der Waals surface area contributed by atoms with E-state index in [1.165, 1.54) is 21.3 Å². The Hall–Kier alpha value is -1.14. The van der Waals surface area contributed by atoms with Gasteiger partial charge in [0, 0.05) is 30.6 Å². The number of carbonyl (C=O) groups is 2. The molecule has 0 aromatic rings. The van der Waals surface area contributed by atoms with E-state index in [0.29, 0.717) is 6.42 Å². The predicted octanol–water partition coefficient (Wildman–Crippen LogP) is 1.13. The first-order chi connectivity index (χ1) is 7.53. The van der Waals surface area contributed by atoms with Crippen molar-refractivity contribution in [2.45, 2.75) is 13.3 Å². The van der Waals surface area contributed by atoms with E-state index in [1.54, 1.807) is 21.1 Å². The first-order valence-corrected chi connectivity index (χ1v) is 4.56. The molecule has 0 radical (unpaired) electrons. The molecule has 0 unspecified atom stereocenters. The SMILES string of the molecule is CCC(=O)OC.COC.COCC(=O)OC.[HH].[HH]. The smallest absolute Gasteiger partial charge is 0.331 e. The quantitative estimate of drug-likeness (QED) is 0.691. The number of carbonyl (C=O) groups excluding carboxylic acids is 2. The molecule has 6 nitrogen and oxygen atoms in total. The van der Waals surface area contributed by atoms with Gasteiger partial charge in [-0.2, -0.15) is 0 Å². The van der Waals surface area contributed by atoms with E-state index in [4.69, 9.17) is 0 Å². The molecule has 0 aromatic heterocycles. The molecule has 0 saturated heterocycles. The number of hydrogen-bond donors (Lipinski definition) is 0. The molecular formula is C10H26O6. The molecule has 0 N–H and O–H groups in total. The zero-order valence-electron chi connectivity index (χ0n) is 10.9. The standard InChI is InChI=1S/C4H8O3.C4H8O2.C2H6O.2H2/c1-6-3-4(5)7-2;1-3-4(5)6-2;1-3-2;;/h3H2,1-2H3;3H2,1-2H3;1-2H3;2*1H. The van der Waals surface area contributed by atoms with E-state index in [9.17, 15) is 9.59 Å². The molecule has 0 rings (SSSR count). The average Bonchev–Trinajstić information content (AvgIpc) is 2.30. The molecule has 0 aliphatic carbocycles. The van der Waals surface area contributed by atoms with Gasteiger partial charge in [0.25, 0.3) is 0 Å². The van der Waals surface area contributed by atoms with E-state index < -0.39 is 0 Å². The number of methoxy groups -OCH3 is 4. The van der Waals surface area contributed by atoms with Crippen LogP contribution in [-0.2, 0) is 28.5 Å². The molecule has 0 fully saturated rings. The second-order valence-corrected chi connectivity index (χ2v) is 2.35. The largest absolute Gasteiger partial charge is 0.469 e. The predicted molar refractivity (Wildman–Crippen MR) is 63.4 cm³/mol. The molecule has 16 heavy (non-hydrogen) atoms. The molecule has 0 atom stereocenters. The highest BCUT2D eigenvalue weighted by molar-refractivity contribution is 5.70. The lowest BCUT2D eigenvalue weighted by atomic mass is 10.5. The van der Waals surface area contributed by atoms with Gasteiger partial charge in [-0.15, -0.1) is 0 Å².